The Bertz CT molecular complexity index is 829. The minimum absolute atomic E-state index is 0.00296. The number of carbonyl (C=O) groups is 2. The lowest BCUT2D eigenvalue weighted by molar-refractivity contribution is -0.124. The minimum Gasteiger partial charge on any atom is -0.347 e. The Kier molecular flexibility index (Phi) is 5.94. The van der Waals surface area contributed by atoms with Crippen LogP contribution < -0.4 is 10.6 Å². The summed E-state index contributed by atoms with van der Waals surface area (Å²) in [6.07, 6.45) is 3.04. The molecule has 2 aromatic rings. The molecule has 2 aromatic carbocycles. The average Bonchev–Trinajstić information content (AvgIpc) is 2.66. The van der Waals surface area contributed by atoms with E-state index >= 15 is 0 Å². The van der Waals surface area contributed by atoms with Gasteiger partial charge in [-0.15, -0.1) is 0 Å². The summed E-state index contributed by atoms with van der Waals surface area (Å²) >= 11 is 0. The van der Waals surface area contributed by atoms with Crippen molar-refractivity contribution in [2.45, 2.75) is 52.1 Å². The van der Waals surface area contributed by atoms with Gasteiger partial charge in [0.05, 0.1) is 6.04 Å². The van der Waals surface area contributed by atoms with E-state index in [4.69, 9.17) is 0 Å². The van der Waals surface area contributed by atoms with E-state index in [9.17, 15) is 9.59 Å². The minimum atomic E-state index is -0.564. The molecule has 27 heavy (non-hydrogen) atoms. The van der Waals surface area contributed by atoms with Gasteiger partial charge in [-0.25, -0.2) is 0 Å². The molecule has 3 rings (SSSR count). The highest BCUT2D eigenvalue weighted by Crippen LogP contribution is 2.29. The van der Waals surface area contributed by atoms with Crippen LogP contribution in [-0.4, -0.2) is 17.9 Å². The lowest BCUT2D eigenvalue weighted by Gasteiger charge is -2.29. The molecule has 0 radical (unpaired) electrons. The van der Waals surface area contributed by atoms with Gasteiger partial charge in [0.1, 0.15) is 6.04 Å². The Morgan fingerprint density at radius 3 is 2.48 bits per heavy atom. The predicted molar refractivity (Wildman–Crippen MR) is 108 cm³/mol. The molecule has 2 unspecified atom stereocenters. The second kappa shape index (κ2) is 8.38. The number of hydrogen-bond acceptors (Lipinski definition) is 2. The summed E-state index contributed by atoms with van der Waals surface area (Å²) in [5, 5.41) is 6.11. The van der Waals surface area contributed by atoms with Gasteiger partial charge in [0.2, 0.25) is 5.91 Å². The standard InChI is InChI=1S/C23H28N2O2/c1-15(2)21(25-22(26)18-12-6-4-9-16(18)3)23(27)24-20-14-8-11-17-10-5-7-13-19(17)20/h4-7,9-10,12-13,15,20-21H,8,11,14H2,1-3H3,(H,24,27)(H,25,26). The number of hydrogen-bond donors (Lipinski definition) is 2. The summed E-state index contributed by atoms with van der Waals surface area (Å²) in [5.74, 6) is -0.323. The maximum Gasteiger partial charge on any atom is 0.252 e. The van der Waals surface area contributed by atoms with Crippen molar-refractivity contribution in [1.82, 2.24) is 10.6 Å². The van der Waals surface area contributed by atoms with Crippen molar-refractivity contribution in [2.75, 3.05) is 0 Å². The molecule has 2 atom stereocenters. The topological polar surface area (TPSA) is 58.2 Å². The monoisotopic (exact) mass is 364 g/mol. The van der Waals surface area contributed by atoms with Crippen LogP contribution in [0, 0.1) is 12.8 Å². The number of rotatable bonds is 5. The number of aryl methyl sites for hydroxylation is 2. The molecule has 0 spiro atoms. The number of carbonyl (C=O) groups excluding carboxylic acids is 2. The Hall–Kier alpha value is -2.62. The molecule has 0 heterocycles. The highest BCUT2D eigenvalue weighted by atomic mass is 16.2. The summed E-state index contributed by atoms with van der Waals surface area (Å²) in [6, 6.07) is 15.2. The molecule has 2 amide bonds. The lowest BCUT2D eigenvalue weighted by Crippen LogP contribution is -2.50. The summed E-state index contributed by atoms with van der Waals surface area (Å²) < 4.78 is 0. The first-order valence-electron chi connectivity index (χ1n) is 9.72. The molecule has 0 bridgehead atoms. The summed E-state index contributed by atoms with van der Waals surface area (Å²) in [7, 11) is 0. The smallest absolute Gasteiger partial charge is 0.252 e. The molecular weight excluding hydrogens is 336 g/mol. The van der Waals surface area contributed by atoms with E-state index in [1.807, 2.05) is 51.1 Å². The zero-order chi connectivity index (χ0) is 19.4. The molecule has 0 aromatic heterocycles. The highest BCUT2D eigenvalue weighted by molar-refractivity contribution is 5.98. The van der Waals surface area contributed by atoms with E-state index < -0.39 is 6.04 Å². The predicted octanol–water partition coefficient (Wildman–Crippen LogP) is 3.94. The number of benzene rings is 2. The van der Waals surface area contributed by atoms with Gasteiger partial charge < -0.3 is 10.6 Å². The van der Waals surface area contributed by atoms with E-state index in [-0.39, 0.29) is 23.8 Å². The summed E-state index contributed by atoms with van der Waals surface area (Å²) in [6.45, 7) is 5.81. The van der Waals surface area contributed by atoms with E-state index in [0.717, 1.165) is 24.8 Å². The highest BCUT2D eigenvalue weighted by Gasteiger charge is 2.29. The van der Waals surface area contributed by atoms with Crippen molar-refractivity contribution < 1.29 is 9.59 Å². The fourth-order valence-corrected chi connectivity index (χ4v) is 3.75. The van der Waals surface area contributed by atoms with Gasteiger partial charge in [-0.2, -0.15) is 0 Å². The number of fused-ring (bicyclic) bond motifs is 1. The van der Waals surface area contributed by atoms with Crippen molar-refractivity contribution in [3.05, 3.63) is 70.8 Å². The van der Waals surface area contributed by atoms with Crippen molar-refractivity contribution in [3.8, 4) is 0 Å². The van der Waals surface area contributed by atoms with Gasteiger partial charge in [-0.1, -0.05) is 56.3 Å². The van der Waals surface area contributed by atoms with Crippen LogP contribution in [0.3, 0.4) is 0 Å². The van der Waals surface area contributed by atoms with Gasteiger partial charge in [-0.3, -0.25) is 9.59 Å². The Morgan fingerprint density at radius 1 is 1.04 bits per heavy atom. The number of nitrogens with one attached hydrogen (secondary N) is 2. The van der Waals surface area contributed by atoms with Crippen LogP contribution in [0.15, 0.2) is 48.5 Å². The largest absolute Gasteiger partial charge is 0.347 e. The third-order valence-electron chi connectivity index (χ3n) is 5.31. The van der Waals surface area contributed by atoms with Gasteiger partial charge in [0.25, 0.3) is 5.91 Å². The fraction of sp³-hybridized carbons (Fsp3) is 0.391. The molecule has 0 saturated carbocycles. The molecular formula is C23H28N2O2. The van der Waals surface area contributed by atoms with Gasteiger partial charge >= 0.3 is 0 Å². The molecule has 0 fully saturated rings. The average molecular weight is 364 g/mol. The van der Waals surface area contributed by atoms with Crippen molar-refractivity contribution in [2.24, 2.45) is 5.92 Å². The Morgan fingerprint density at radius 2 is 1.74 bits per heavy atom. The van der Waals surface area contributed by atoms with E-state index in [2.05, 4.69) is 22.8 Å². The van der Waals surface area contributed by atoms with Crippen LogP contribution in [0.4, 0.5) is 0 Å². The normalized spacial score (nSPS) is 17.1. The van der Waals surface area contributed by atoms with Gasteiger partial charge in [-0.05, 0) is 54.9 Å². The zero-order valence-corrected chi connectivity index (χ0v) is 16.3. The number of amides is 2. The first-order chi connectivity index (χ1) is 13.0. The van der Waals surface area contributed by atoms with Crippen LogP contribution in [-0.2, 0) is 11.2 Å². The molecule has 1 aliphatic rings. The van der Waals surface area contributed by atoms with Crippen molar-refractivity contribution in [1.29, 1.82) is 0 Å². The maximum absolute atomic E-state index is 13.0. The third-order valence-corrected chi connectivity index (χ3v) is 5.31. The van der Waals surface area contributed by atoms with E-state index in [1.165, 1.54) is 11.1 Å². The molecule has 142 valence electrons. The molecule has 0 saturated heterocycles. The second-order valence-electron chi connectivity index (χ2n) is 7.66. The van der Waals surface area contributed by atoms with Crippen molar-refractivity contribution in [3.63, 3.8) is 0 Å². The third kappa shape index (κ3) is 4.38. The SMILES string of the molecule is Cc1ccccc1C(=O)NC(C(=O)NC1CCCc2ccccc21)C(C)C. The van der Waals surface area contributed by atoms with E-state index in [1.54, 1.807) is 6.07 Å². The van der Waals surface area contributed by atoms with Crippen LogP contribution >= 0.6 is 0 Å². The second-order valence-corrected chi connectivity index (χ2v) is 7.66. The summed E-state index contributed by atoms with van der Waals surface area (Å²) in [4.78, 5) is 25.7. The van der Waals surface area contributed by atoms with Crippen LogP contribution in [0.25, 0.3) is 0 Å². The molecule has 0 aliphatic heterocycles. The van der Waals surface area contributed by atoms with Crippen molar-refractivity contribution >= 4 is 11.8 Å². The maximum atomic E-state index is 13.0. The molecule has 1 aliphatic carbocycles. The fourth-order valence-electron chi connectivity index (χ4n) is 3.75. The Balaban J connectivity index is 1.73. The van der Waals surface area contributed by atoms with Gasteiger partial charge in [0.15, 0.2) is 0 Å². The van der Waals surface area contributed by atoms with Crippen LogP contribution in [0.2, 0.25) is 0 Å². The molecule has 2 N–H and O–H groups in total. The Labute approximate surface area is 161 Å². The summed E-state index contributed by atoms with van der Waals surface area (Å²) in [5.41, 5.74) is 4.02. The van der Waals surface area contributed by atoms with Crippen LogP contribution in [0.5, 0.6) is 0 Å². The molecule has 4 heteroatoms. The lowest BCUT2D eigenvalue weighted by atomic mass is 9.87. The van der Waals surface area contributed by atoms with Gasteiger partial charge in [0, 0.05) is 5.56 Å². The quantitative estimate of drug-likeness (QED) is 0.844. The zero-order valence-electron chi connectivity index (χ0n) is 16.3. The molecule has 4 nitrogen and oxygen atoms in total. The first-order valence-corrected chi connectivity index (χ1v) is 9.72. The van der Waals surface area contributed by atoms with Crippen LogP contribution in [0.1, 0.15) is 59.8 Å². The first kappa shape index (κ1) is 19.2. The van der Waals surface area contributed by atoms with E-state index in [0.29, 0.717) is 5.56 Å².